The van der Waals surface area contributed by atoms with E-state index in [-0.39, 0.29) is 6.07 Å². The summed E-state index contributed by atoms with van der Waals surface area (Å²) >= 11 is 0. The lowest BCUT2D eigenvalue weighted by molar-refractivity contribution is -0.143. The molecule has 0 aliphatic heterocycles. The van der Waals surface area contributed by atoms with Crippen molar-refractivity contribution in [2.24, 2.45) is 0 Å². The number of hydrogen-bond donors (Lipinski definition) is 0. The quantitative estimate of drug-likeness (QED) is 0.751. The smallest absolute Gasteiger partial charge is 0.236 e. The van der Waals surface area contributed by atoms with E-state index in [1.807, 2.05) is 0 Å². The maximum Gasteiger partial charge on any atom is 0.420 e. The molecule has 2 aromatic rings. The molecule has 3 nitrogen and oxygen atoms in total. The van der Waals surface area contributed by atoms with Crippen molar-refractivity contribution in [1.29, 1.82) is 0 Å². The largest absolute Gasteiger partial charge is 0.420 e. The lowest BCUT2D eigenvalue weighted by Gasteiger charge is -2.14. The van der Waals surface area contributed by atoms with Gasteiger partial charge in [0.15, 0.2) is 5.82 Å². The predicted molar refractivity (Wildman–Crippen MR) is 50.2 cm³/mol. The third-order valence-electron chi connectivity index (χ3n) is 2.17. The Morgan fingerprint density at radius 3 is 2.21 bits per heavy atom. The highest BCUT2D eigenvalue weighted by atomic mass is 19.4. The molecule has 0 unspecified atom stereocenters. The molecule has 0 amide bonds. The Balaban J connectivity index is 2.63. The molecule has 9 heteroatoms. The Morgan fingerprint density at radius 1 is 1.05 bits per heavy atom. The van der Waals surface area contributed by atoms with Gasteiger partial charge in [-0.3, -0.25) is 0 Å². The van der Waals surface area contributed by atoms with Gasteiger partial charge in [-0.1, -0.05) is 0 Å². The van der Waals surface area contributed by atoms with Gasteiger partial charge in [0.2, 0.25) is 0 Å². The van der Waals surface area contributed by atoms with Gasteiger partial charge in [-0.15, -0.1) is 0 Å². The Morgan fingerprint density at radius 2 is 1.74 bits per heavy atom. The normalized spacial score (nSPS) is 12.7. The fourth-order valence-corrected chi connectivity index (χ4v) is 1.35. The summed E-state index contributed by atoms with van der Waals surface area (Å²) in [5.41, 5.74) is -2.99. The van der Waals surface area contributed by atoms with E-state index in [4.69, 9.17) is 0 Å². The molecule has 0 aliphatic rings. The second kappa shape index (κ2) is 4.25. The number of alkyl halides is 6. The molecule has 0 aromatic carbocycles. The van der Waals surface area contributed by atoms with E-state index in [2.05, 4.69) is 16.1 Å². The van der Waals surface area contributed by atoms with Gasteiger partial charge in [-0.25, -0.2) is 9.67 Å². The summed E-state index contributed by atoms with van der Waals surface area (Å²) in [5.74, 6) is -0.734. The van der Waals surface area contributed by atoms with Crippen molar-refractivity contribution in [2.45, 2.75) is 12.4 Å². The third kappa shape index (κ3) is 2.69. The molecular formula is C10H4F6N3. The highest BCUT2D eigenvalue weighted by Gasteiger charge is 2.39. The summed E-state index contributed by atoms with van der Waals surface area (Å²) in [5, 5.41) is 3.47. The molecule has 0 spiro atoms. The molecule has 2 heterocycles. The van der Waals surface area contributed by atoms with Crippen molar-refractivity contribution in [2.75, 3.05) is 0 Å². The summed E-state index contributed by atoms with van der Waals surface area (Å²) < 4.78 is 76.1. The molecule has 0 fully saturated rings. The number of nitrogens with zero attached hydrogens (tertiary/aromatic N) is 3. The zero-order chi connectivity index (χ0) is 14.3. The van der Waals surface area contributed by atoms with Crippen LogP contribution in [-0.2, 0) is 12.4 Å². The van der Waals surface area contributed by atoms with Gasteiger partial charge in [0.25, 0.3) is 0 Å². The minimum absolute atomic E-state index is 0.00398. The van der Waals surface area contributed by atoms with Crippen LogP contribution in [0.15, 0.2) is 24.7 Å². The maximum atomic E-state index is 12.7. The summed E-state index contributed by atoms with van der Waals surface area (Å²) in [6, 6.07) is 2.38. The molecular weight excluding hydrogens is 276 g/mol. The molecule has 0 N–H and O–H groups in total. The molecule has 0 bridgehead atoms. The topological polar surface area (TPSA) is 30.7 Å². The van der Waals surface area contributed by atoms with Crippen LogP contribution in [0.5, 0.6) is 0 Å². The molecule has 0 saturated heterocycles. The predicted octanol–water partition coefficient (Wildman–Crippen LogP) is 3.11. The average molecular weight is 280 g/mol. The first-order valence-electron chi connectivity index (χ1n) is 4.75. The van der Waals surface area contributed by atoms with E-state index < -0.39 is 29.3 Å². The molecule has 1 radical (unpaired) electrons. The van der Waals surface area contributed by atoms with Crippen molar-refractivity contribution in [3.63, 3.8) is 0 Å². The van der Waals surface area contributed by atoms with Gasteiger partial charge in [0.05, 0.1) is 11.8 Å². The summed E-state index contributed by atoms with van der Waals surface area (Å²) in [6.45, 7) is 0. The fourth-order valence-electron chi connectivity index (χ4n) is 1.35. The number of halogens is 6. The molecule has 2 aromatic heterocycles. The van der Waals surface area contributed by atoms with Crippen molar-refractivity contribution in [1.82, 2.24) is 14.8 Å². The molecule has 0 atom stereocenters. The monoisotopic (exact) mass is 280 g/mol. The van der Waals surface area contributed by atoms with E-state index in [1.165, 1.54) is 0 Å². The van der Waals surface area contributed by atoms with Crippen molar-refractivity contribution >= 4 is 0 Å². The number of pyridine rings is 1. The molecule has 0 saturated carbocycles. The second-order valence-corrected chi connectivity index (χ2v) is 3.48. The summed E-state index contributed by atoms with van der Waals surface area (Å²) in [4.78, 5) is 3.19. The van der Waals surface area contributed by atoms with E-state index in [9.17, 15) is 26.3 Å². The third-order valence-corrected chi connectivity index (χ3v) is 2.17. The van der Waals surface area contributed by atoms with Crippen molar-refractivity contribution in [3.05, 3.63) is 41.9 Å². The zero-order valence-corrected chi connectivity index (χ0v) is 8.92. The van der Waals surface area contributed by atoms with Crippen LogP contribution in [0.25, 0.3) is 5.82 Å². The van der Waals surface area contributed by atoms with Gasteiger partial charge >= 0.3 is 12.4 Å². The second-order valence-electron chi connectivity index (χ2n) is 3.48. The summed E-state index contributed by atoms with van der Waals surface area (Å²) in [7, 11) is 0. The Kier molecular flexibility index (Phi) is 2.99. The molecule has 0 aliphatic carbocycles. The Bertz CT molecular complexity index is 570. The van der Waals surface area contributed by atoms with E-state index in [0.29, 0.717) is 10.9 Å². The number of hydrogen-bond acceptors (Lipinski definition) is 2. The van der Waals surface area contributed by atoms with Gasteiger partial charge < -0.3 is 0 Å². The minimum Gasteiger partial charge on any atom is -0.236 e. The molecule has 19 heavy (non-hydrogen) atoms. The Labute approximate surface area is 102 Å². The number of rotatable bonds is 1. The first-order valence-corrected chi connectivity index (χ1v) is 4.75. The van der Waals surface area contributed by atoms with Crippen LogP contribution >= 0.6 is 0 Å². The van der Waals surface area contributed by atoms with Gasteiger partial charge in [0.1, 0.15) is 5.56 Å². The lowest BCUT2D eigenvalue weighted by atomic mass is 10.1. The van der Waals surface area contributed by atoms with Crippen LogP contribution in [0.4, 0.5) is 26.3 Å². The Hall–Kier alpha value is -2.06. The van der Waals surface area contributed by atoms with E-state index in [1.54, 1.807) is 0 Å². The maximum absolute atomic E-state index is 12.7. The first-order chi connectivity index (χ1) is 8.69. The van der Waals surface area contributed by atoms with Gasteiger partial charge in [-0.2, -0.15) is 31.4 Å². The minimum atomic E-state index is -4.98. The van der Waals surface area contributed by atoms with Crippen molar-refractivity contribution in [3.8, 4) is 5.82 Å². The van der Waals surface area contributed by atoms with E-state index >= 15 is 0 Å². The average Bonchev–Trinajstić information content (AvgIpc) is 2.79. The van der Waals surface area contributed by atoms with Crippen LogP contribution in [0.1, 0.15) is 11.1 Å². The van der Waals surface area contributed by atoms with Crippen LogP contribution in [-0.4, -0.2) is 14.8 Å². The standard InChI is InChI=1S/C10H4F6N3/c11-9(12,13)6-4-7(10(14,15)16)8(17-5-6)19-3-1-2-18-19/h2-5H. The lowest BCUT2D eigenvalue weighted by Crippen LogP contribution is -2.16. The van der Waals surface area contributed by atoms with Crippen LogP contribution in [0.2, 0.25) is 0 Å². The molecule has 2 rings (SSSR count). The van der Waals surface area contributed by atoms with Crippen LogP contribution in [0, 0.1) is 6.07 Å². The van der Waals surface area contributed by atoms with Gasteiger partial charge in [0, 0.05) is 18.5 Å². The SMILES string of the molecule is FC(F)(F)c1cnc(-n2c[c]cn2)c(C(F)(F)F)c1. The van der Waals surface area contributed by atoms with Crippen molar-refractivity contribution < 1.29 is 26.3 Å². The summed E-state index contributed by atoms with van der Waals surface area (Å²) in [6.07, 6.45) is -7.45. The zero-order valence-electron chi connectivity index (χ0n) is 8.92. The van der Waals surface area contributed by atoms with Crippen LogP contribution in [0.3, 0.4) is 0 Å². The van der Waals surface area contributed by atoms with Crippen LogP contribution < -0.4 is 0 Å². The van der Waals surface area contributed by atoms with E-state index in [0.717, 1.165) is 12.4 Å². The fraction of sp³-hybridized carbons (Fsp3) is 0.200. The highest BCUT2D eigenvalue weighted by molar-refractivity contribution is 5.38. The molecule has 101 valence electrons. The highest BCUT2D eigenvalue weighted by Crippen LogP contribution is 2.37. The van der Waals surface area contributed by atoms with Gasteiger partial charge in [-0.05, 0) is 6.07 Å². The number of aromatic nitrogens is 3. The first kappa shape index (κ1) is 13.4.